The summed E-state index contributed by atoms with van der Waals surface area (Å²) in [6.07, 6.45) is 5.50. The zero-order valence-electron chi connectivity index (χ0n) is 24.8. The minimum absolute atomic E-state index is 0.0573. The van der Waals surface area contributed by atoms with Crippen molar-refractivity contribution < 1.29 is 9.84 Å². The monoisotopic (exact) mass is 575 g/mol. The standard InChI is InChI=1S/C31H41N7O4/c1-19(18-42-4)34-31-33-16-26-24(21-7-5-20(6-8-21)17-37(3)13-14-39)15-25(38(26)36-31)22-9-11-23(12-10-22)35-28-27(32-2)29(40)30(28)41/h5-8,15-16,19,22-23,32,35,39H,9-14,17-18H2,1-4H3,(H,34,36)/t19-,22?,23?/m0/s1. The van der Waals surface area contributed by atoms with Crippen molar-refractivity contribution in [2.24, 2.45) is 0 Å². The molecule has 1 atom stereocenters. The lowest BCUT2D eigenvalue weighted by Gasteiger charge is -2.30. The van der Waals surface area contributed by atoms with Crippen LogP contribution in [0.3, 0.4) is 0 Å². The topological polar surface area (TPSA) is 133 Å². The zero-order chi connectivity index (χ0) is 29.8. The molecule has 2 aromatic carbocycles. The van der Waals surface area contributed by atoms with Crippen LogP contribution in [0, 0.1) is 0 Å². The fourth-order valence-electron chi connectivity index (χ4n) is 5.97. The lowest BCUT2D eigenvalue weighted by molar-refractivity contribution is 0.190. The van der Waals surface area contributed by atoms with Gasteiger partial charge in [0.2, 0.25) is 5.95 Å². The van der Waals surface area contributed by atoms with E-state index >= 15 is 0 Å². The summed E-state index contributed by atoms with van der Waals surface area (Å²) in [5.74, 6) is 0.832. The van der Waals surface area contributed by atoms with E-state index in [0.29, 0.717) is 30.5 Å². The van der Waals surface area contributed by atoms with Crippen molar-refractivity contribution in [1.82, 2.24) is 19.5 Å². The molecule has 11 heteroatoms. The molecular formula is C31H41N7O4. The highest BCUT2D eigenvalue weighted by molar-refractivity contribution is 5.81. The van der Waals surface area contributed by atoms with E-state index in [9.17, 15) is 14.7 Å². The number of methoxy groups -OCH3 is 1. The number of aliphatic hydroxyl groups is 1. The number of fused-ring (bicyclic) bond motifs is 1. The fraction of sp³-hybridized carbons (Fsp3) is 0.484. The van der Waals surface area contributed by atoms with Crippen molar-refractivity contribution in [3.8, 4) is 11.1 Å². The van der Waals surface area contributed by atoms with Gasteiger partial charge in [-0.15, -0.1) is 5.10 Å². The minimum atomic E-state index is -0.449. The van der Waals surface area contributed by atoms with Gasteiger partial charge in [0.05, 0.1) is 24.9 Å². The summed E-state index contributed by atoms with van der Waals surface area (Å²) < 4.78 is 7.30. The Morgan fingerprint density at radius 1 is 1.12 bits per heavy atom. The molecule has 1 aliphatic carbocycles. The SMILES string of the molecule is CNc1c(NC2CCC(c3cc(-c4ccc(CN(C)CCO)cc4)c4cnc(N[C@@H](C)COC)nn34)CC2)c(=O)c1=O. The number of aromatic nitrogens is 3. The van der Waals surface area contributed by atoms with Crippen molar-refractivity contribution in [2.75, 3.05) is 56.9 Å². The third kappa shape index (κ3) is 6.18. The third-order valence-electron chi connectivity index (χ3n) is 8.19. The van der Waals surface area contributed by atoms with Crippen LogP contribution < -0.4 is 26.8 Å². The molecule has 0 aliphatic heterocycles. The van der Waals surface area contributed by atoms with Crippen LogP contribution in [0.1, 0.15) is 49.8 Å². The molecule has 0 spiro atoms. The Morgan fingerprint density at radius 3 is 2.50 bits per heavy atom. The van der Waals surface area contributed by atoms with Gasteiger partial charge in [-0.3, -0.25) is 14.5 Å². The molecule has 1 saturated carbocycles. The number of anilines is 3. The summed E-state index contributed by atoms with van der Waals surface area (Å²) in [6, 6.07) is 11.0. The van der Waals surface area contributed by atoms with Crippen LogP contribution >= 0.6 is 0 Å². The van der Waals surface area contributed by atoms with Gasteiger partial charge in [-0.2, -0.15) is 0 Å². The second-order valence-corrected chi connectivity index (χ2v) is 11.4. The largest absolute Gasteiger partial charge is 0.395 e. The molecule has 11 nitrogen and oxygen atoms in total. The lowest BCUT2D eigenvalue weighted by Crippen LogP contribution is -2.39. The first kappa shape index (κ1) is 29.7. The summed E-state index contributed by atoms with van der Waals surface area (Å²) in [7, 11) is 5.34. The molecule has 2 aromatic heterocycles. The molecule has 0 unspecified atom stereocenters. The molecule has 0 saturated heterocycles. The Hall–Kier alpha value is -3.80. The molecule has 4 N–H and O–H groups in total. The average molecular weight is 576 g/mol. The maximum absolute atomic E-state index is 12.1. The van der Waals surface area contributed by atoms with Crippen molar-refractivity contribution in [2.45, 2.75) is 57.2 Å². The predicted molar refractivity (Wildman–Crippen MR) is 166 cm³/mol. The highest BCUT2D eigenvalue weighted by atomic mass is 16.5. The smallest absolute Gasteiger partial charge is 0.253 e. The molecule has 4 aromatic rings. The number of benzene rings is 1. The van der Waals surface area contributed by atoms with E-state index in [1.165, 1.54) is 5.56 Å². The third-order valence-corrected chi connectivity index (χ3v) is 8.19. The van der Waals surface area contributed by atoms with Gasteiger partial charge in [0, 0.05) is 56.5 Å². The highest BCUT2D eigenvalue weighted by Crippen LogP contribution is 2.38. The lowest BCUT2D eigenvalue weighted by atomic mass is 9.83. The van der Waals surface area contributed by atoms with Gasteiger partial charge in [0.1, 0.15) is 11.4 Å². The number of hydrogen-bond acceptors (Lipinski definition) is 10. The predicted octanol–water partition coefficient (Wildman–Crippen LogP) is 3.04. The van der Waals surface area contributed by atoms with Crippen LogP contribution in [0.2, 0.25) is 0 Å². The highest BCUT2D eigenvalue weighted by Gasteiger charge is 2.29. The summed E-state index contributed by atoms with van der Waals surface area (Å²) in [5.41, 5.74) is 5.36. The van der Waals surface area contributed by atoms with Crippen LogP contribution in [-0.2, 0) is 11.3 Å². The molecular weight excluding hydrogens is 534 g/mol. The number of ether oxygens (including phenoxy) is 1. The Bertz CT molecular complexity index is 1570. The summed E-state index contributed by atoms with van der Waals surface area (Å²) in [5, 5.41) is 23.6. The minimum Gasteiger partial charge on any atom is -0.395 e. The number of likely N-dealkylation sites (N-methyl/N-ethyl adjacent to an activating group) is 1. The van der Waals surface area contributed by atoms with Gasteiger partial charge in [0.15, 0.2) is 0 Å². The Kier molecular flexibility index (Phi) is 9.20. The second-order valence-electron chi connectivity index (χ2n) is 11.4. The molecule has 0 radical (unpaired) electrons. The first-order valence-electron chi connectivity index (χ1n) is 14.6. The van der Waals surface area contributed by atoms with Gasteiger partial charge in [-0.1, -0.05) is 24.3 Å². The fourth-order valence-corrected chi connectivity index (χ4v) is 5.97. The number of hydrogen-bond donors (Lipinski definition) is 4. The molecule has 1 fully saturated rings. The summed E-state index contributed by atoms with van der Waals surface area (Å²) in [4.78, 5) is 30.6. The van der Waals surface area contributed by atoms with E-state index in [1.807, 2.05) is 24.7 Å². The van der Waals surface area contributed by atoms with Crippen molar-refractivity contribution in [3.63, 3.8) is 0 Å². The van der Waals surface area contributed by atoms with E-state index in [0.717, 1.165) is 54.6 Å². The van der Waals surface area contributed by atoms with Gasteiger partial charge >= 0.3 is 0 Å². The Labute approximate surface area is 245 Å². The molecule has 2 heterocycles. The van der Waals surface area contributed by atoms with Crippen molar-refractivity contribution >= 4 is 22.8 Å². The number of aliphatic hydroxyl groups excluding tert-OH is 1. The Balaban J connectivity index is 1.40. The van der Waals surface area contributed by atoms with Crippen LogP contribution in [0.4, 0.5) is 17.3 Å². The quantitative estimate of drug-likeness (QED) is 0.176. The summed E-state index contributed by atoms with van der Waals surface area (Å²) in [6.45, 7) is 4.11. The molecule has 0 amide bonds. The van der Waals surface area contributed by atoms with Gasteiger partial charge < -0.3 is 25.8 Å². The number of nitrogens with zero attached hydrogens (tertiary/aromatic N) is 4. The van der Waals surface area contributed by atoms with Crippen molar-refractivity contribution in [3.05, 3.63) is 68.2 Å². The molecule has 42 heavy (non-hydrogen) atoms. The van der Waals surface area contributed by atoms with Crippen LogP contribution in [-0.4, -0.2) is 77.7 Å². The first-order chi connectivity index (χ1) is 20.3. The maximum atomic E-state index is 12.1. The number of rotatable bonds is 13. The maximum Gasteiger partial charge on any atom is 0.253 e. The molecule has 0 bridgehead atoms. The first-order valence-corrected chi connectivity index (χ1v) is 14.6. The normalized spacial score (nSPS) is 18.0. The summed E-state index contributed by atoms with van der Waals surface area (Å²) >= 11 is 0. The molecule has 224 valence electrons. The molecule has 5 rings (SSSR count). The molecule has 1 aliphatic rings. The van der Waals surface area contributed by atoms with E-state index in [2.05, 4.69) is 56.2 Å². The van der Waals surface area contributed by atoms with Crippen LogP contribution in [0.25, 0.3) is 16.6 Å². The van der Waals surface area contributed by atoms with E-state index in [1.54, 1.807) is 14.2 Å². The number of nitrogens with one attached hydrogen (secondary N) is 3. The van der Waals surface area contributed by atoms with E-state index in [4.69, 9.17) is 9.84 Å². The Morgan fingerprint density at radius 2 is 1.83 bits per heavy atom. The van der Waals surface area contributed by atoms with E-state index in [-0.39, 0.29) is 24.6 Å². The van der Waals surface area contributed by atoms with Crippen molar-refractivity contribution in [1.29, 1.82) is 0 Å². The zero-order valence-corrected chi connectivity index (χ0v) is 24.8. The van der Waals surface area contributed by atoms with Crippen LogP contribution in [0.5, 0.6) is 0 Å². The van der Waals surface area contributed by atoms with Gasteiger partial charge in [-0.25, -0.2) is 9.50 Å². The second kappa shape index (κ2) is 13.0. The van der Waals surface area contributed by atoms with Gasteiger partial charge in [-0.05, 0) is 56.8 Å². The van der Waals surface area contributed by atoms with E-state index < -0.39 is 10.9 Å². The average Bonchev–Trinajstić information content (AvgIpc) is 3.36. The van der Waals surface area contributed by atoms with Crippen LogP contribution in [0.15, 0.2) is 46.1 Å². The van der Waals surface area contributed by atoms with Gasteiger partial charge in [0.25, 0.3) is 10.9 Å².